The number of alkyl halides is 2. The summed E-state index contributed by atoms with van der Waals surface area (Å²) in [7, 11) is 0. The molecular formula is C19H17F2N3S. The Hall–Kier alpha value is -2.21. The molecule has 0 saturated heterocycles. The van der Waals surface area contributed by atoms with Crippen LogP contribution in [0.4, 0.5) is 8.78 Å². The van der Waals surface area contributed by atoms with Gasteiger partial charge in [0.1, 0.15) is 0 Å². The number of rotatable bonds is 5. The van der Waals surface area contributed by atoms with Gasteiger partial charge in [0.25, 0.3) is 6.43 Å². The third-order valence-electron chi connectivity index (χ3n) is 4.33. The number of aromatic nitrogens is 3. The molecule has 1 fully saturated rings. The summed E-state index contributed by atoms with van der Waals surface area (Å²) in [6.45, 7) is 0. The Labute approximate surface area is 149 Å². The Bertz CT molecular complexity index is 903. The standard InChI is InChI=1S/C19H17F2N3S/c1-25-16-8-3-2-7-15(16)24-19(22-18(23-24)17(20)21)14-6-4-5-13(11-14)12-9-10-12/h2-8,11-12,17H,9-10H2,1H3. The van der Waals surface area contributed by atoms with Gasteiger partial charge in [0.15, 0.2) is 5.82 Å². The zero-order chi connectivity index (χ0) is 17.4. The molecule has 0 bridgehead atoms. The highest BCUT2D eigenvalue weighted by Crippen LogP contribution is 2.41. The summed E-state index contributed by atoms with van der Waals surface area (Å²) < 4.78 is 28.0. The van der Waals surface area contributed by atoms with E-state index in [0.29, 0.717) is 11.7 Å². The van der Waals surface area contributed by atoms with Crippen molar-refractivity contribution < 1.29 is 8.78 Å². The lowest BCUT2D eigenvalue weighted by Crippen LogP contribution is -2.02. The number of benzene rings is 2. The number of para-hydroxylation sites is 1. The summed E-state index contributed by atoms with van der Waals surface area (Å²) in [4.78, 5) is 5.11. The molecular weight excluding hydrogens is 340 g/mol. The lowest BCUT2D eigenvalue weighted by Gasteiger charge is -2.10. The molecule has 3 aromatic rings. The van der Waals surface area contributed by atoms with Crippen LogP contribution in [-0.2, 0) is 0 Å². The number of nitrogens with zero attached hydrogens (tertiary/aromatic N) is 3. The maximum atomic E-state index is 13.2. The highest BCUT2D eigenvalue weighted by atomic mass is 32.2. The van der Waals surface area contributed by atoms with E-state index in [4.69, 9.17) is 0 Å². The Kier molecular flexibility index (Phi) is 4.29. The summed E-state index contributed by atoms with van der Waals surface area (Å²) in [6.07, 6.45) is 1.63. The Morgan fingerprint density at radius 1 is 1.12 bits per heavy atom. The largest absolute Gasteiger partial charge is 0.299 e. The molecule has 1 aliphatic carbocycles. The van der Waals surface area contributed by atoms with Crippen molar-refractivity contribution in [3.05, 3.63) is 59.9 Å². The molecule has 0 atom stereocenters. The van der Waals surface area contributed by atoms with Gasteiger partial charge in [-0.05, 0) is 48.8 Å². The van der Waals surface area contributed by atoms with Crippen molar-refractivity contribution in [2.45, 2.75) is 30.1 Å². The quantitative estimate of drug-likeness (QED) is 0.567. The van der Waals surface area contributed by atoms with Crippen molar-refractivity contribution in [3.8, 4) is 17.1 Å². The van der Waals surface area contributed by atoms with E-state index in [1.165, 1.54) is 18.4 Å². The van der Waals surface area contributed by atoms with E-state index in [1.54, 1.807) is 16.4 Å². The number of hydrogen-bond acceptors (Lipinski definition) is 3. The van der Waals surface area contributed by atoms with Gasteiger partial charge in [-0.1, -0.05) is 30.3 Å². The average molecular weight is 357 g/mol. The molecule has 2 aromatic carbocycles. The molecule has 128 valence electrons. The molecule has 1 aromatic heterocycles. The molecule has 25 heavy (non-hydrogen) atoms. The van der Waals surface area contributed by atoms with E-state index in [2.05, 4.69) is 22.2 Å². The number of halogens is 2. The SMILES string of the molecule is CSc1ccccc1-n1nc(C(F)F)nc1-c1cccc(C2CC2)c1. The van der Waals surface area contributed by atoms with Crippen LogP contribution in [0.5, 0.6) is 0 Å². The second-order valence-corrected chi connectivity index (χ2v) is 6.93. The Morgan fingerprint density at radius 2 is 1.92 bits per heavy atom. The van der Waals surface area contributed by atoms with Crippen molar-refractivity contribution in [2.75, 3.05) is 6.26 Å². The van der Waals surface area contributed by atoms with Gasteiger partial charge in [0, 0.05) is 10.5 Å². The Balaban J connectivity index is 1.88. The van der Waals surface area contributed by atoms with Gasteiger partial charge in [-0.2, -0.15) is 0 Å². The molecule has 1 saturated carbocycles. The van der Waals surface area contributed by atoms with Gasteiger partial charge in [0.2, 0.25) is 5.82 Å². The molecule has 4 rings (SSSR count). The molecule has 0 radical (unpaired) electrons. The predicted molar refractivity (Wildman–Crippen MR) is 95.5 cm³/mol. The van der Waals surface area contributed by atoms with Gasteiger partial charge < -0.3 is 0 Å². The fourth-order valence-corrected chi connectivity index (χ4v) is 3.51. The fourth-order valence-electron chi connectivity index (χ4n) is 2.93. The van der Waals surface area contributed by atoms with E-state index in [-0.39, 0.29) is 0 Å². The molecule has 0 aliphatic heterocycles. The first kappa shape index (κ1) is 16.3. The van der Waals surface area contributed by atoms with Crippen LogP contribution in [-0.4, -0.2) is 21.0 Å². The highest BCUT2D eigenvalue weighted by molar-refractivity contribution is 7.98. The molecule has 0 unspecified atom stereocenters. The van der Waals surface area contributed by atoms with Crippen molar-refractivity contribution in [1.82, 2.24) is 14.8 Å². The van der Waals surface area contributed by atoms with Crippen LogP contribution >= 0.6 is 11.8 Å². The van der Waals surface area contributed by atoms with Crippen LogP contribution < -0.4 is 0 Å². The first-order valence-electron chi connectivity index (χ1n) is 8.16. The van der Waals surface area contributed by atoms with E-state index in [1.807, 2.05) is 42.7 Å². The van der Waals surface area contributed by atoms with Crippen molar-refractivity contribution in [1.29, 1.82) is 0 Å². The van der Waals surface area contributed by atoms with Gasteiger partial charge in [-0.15, -0.1) is 16.9 Å². The van der Waals surface area contributed by atoms with Crippen LogP contribution in [0.15, 0.2) is 53.4 Å². The van der Waals surface area contributed by atoms with Gasteiger partial charge >= 0.3 is 0 Å². The predicted octanol–water partition coefficient (Wildman–Crippen LogP) is 5.47. The average Bonchev–Trinajstić information content (AvgIpc) is 3.40. The summed E-state index contributed by atoms with van der Waals surface area (Å²) in [5.41, 5.74) is 2.82. The van der Waals surface area contributed by atoms with Crippen molar-refractivity contribution >= 4 is 11.8 Å². The third kappa shape index (κ3) is 3.18. The van der Waals surface area contributed by atoms with Gasteiger partial charge in [0.05, 0.1) is 5.69 Å². The summed E-state index contributed by atoms with van der Waals surface area (Å²) in [5.74, 6) is 0.603. The van der Waals surface area contributed by atoms with Crippen LogP contribution in [0.3, 0.4) is 0 Å². The molecule has 1 heterocycles. The van der Waals surface area contributed by atoms with E-state index in [9.17, 15) is 8.78 Å². The Morgan fingerprint density at radius 3 is 2.64 bits per heavy atom. The second-order valence-electron chi connectivity index (χ2n) is 6.08. The summed E-state index contributed by atoms with van der Waals surface area (Å²) in [5, 5.41) is 4.10. The second kappa shape index (κ2) is 6.59. The van der Waals surface area contributed by atoms with E-state index < -0.39 is 12.2 Å². The zero-order valence-corrected chi connectivity index (χ0v) is 14.5. The molecule has 0 spiro atoms. The maximum Gasteiger partial charge on any atom is 0.299 e. The third-order valence-corrected chi connectivity index (χ3v) is 5.11. The fraction of sp³-hybridized carbons (Fsp3) is 0.263. The normalized spacial score (nSPS) is 14.2. The molecule has 0 amide bonds. The lowest BCUT2D eigenvalue weighted by molar-refractivity contribution is 0.140. The van der Waals surface area contributed by atoms with Crippen LogP contribution in [0.1, 0.15) is 36.6 Å². The monoisotopic (exact) mass is 357 g/mol. The molecule has 1 aliphatic rings. The van der Waals surface area contributed by atoms with Crippen LogP contribution in [0.25, 0.3) is 17.1 Å². The first-order valence-corrected chi connectivity index (χ1v) is 9.38. The van der Waals surface area contributed by atoms with Crippen LogP contribution in [0, 0.1) is 0 Å². The highest BCUT2D eigenvalue weighted by Gasteiger charge is 2.25. The van der Waals surface area contributed by atoms with Gasteiger partial charge in [-0.3, -0.25) is 0 Å². The first-order chi connectivity index (χ1) is 12.2. The van der Waals surface area contributed by atoms with E-state index >= 15 is 0 Å². The summed E-state index contributed by atoms with van der Waals surface area (Å²) in [6, 6.07) is 15.6. The topological polar surface area (TPSA) is 30.7 Å². The van der Waals surface area contributed by atoms with Gasteiger partial charge in [-0.25, -0.2) is 18.4 Å². The minimum absolute atomic E-state index is 0.442. The minimum atomic E-state index is -2.70. The molecule has 3 nitrogen and oxygen atoms in total. The molecule has 0 N–H and O–H groups in total. The minimum Gasteiger partial charge on any atom is -0.212 e. The van der Waals surface area contributed by atoms with Crippen molar-refractivity contribution in [3.63, 3.8) is 0 Å². The lowest BCUT2D eigenvalue weighted by atomic mass is 10.1. The number of hydrogen-bond donors (Lipinski definition) is 0. The van der Waals surface area contributed by atoms with Crippen LogP contribution in [0.2, 0.25) is 0 Å². The zero-order valence-electron chi connectivity index (χ0n) is 13.7. The number of thioether (sulfide) groups is 1. The van der Waals surface area contributed by atoms with E-state index in [0.717, 1.165) is 16.1 Å². The maximum absolute atomic E-state index is 13.2. The summed E-state index contributed by atoms with van der Waals surface area (Å²) >= 11 is 1.55. The van der Waals surface area contributed by atoms with Crippen molar-refractivity contribution in [2.24, 2.45) is 0 Å². The smallest absolute Gasteiger partial charge is 0.212 e. The molecule has 6 heteroatoms.